The Morgan fingerprint density at radius 3 is 2.41 bits per heavy atom. The Bertz CT molecular complexity index is 641. The lowest BCUT2D eigenvalue weighted by Crippen LogP contribution is -2.34. The third-order valence-corrected chi connectivity index (χ3v) is 3.02. The fourth-order valence-electron chi connectivity index (χ4n) is 1.87. The van der Waals surface area contributed by atoms with Gasteiger partial charge in [-0.3, -0.25) is 9.59 Å². The molecule has 0 bridgehead atoms. The first-order valence-electron chi connectivity index (χ1n) is 6.85. The molecule has 1 aromatic carbocycles. The van der Waals surface area contributed by atoms with Crippen LogP contribution in [0.3, 0.4) is 0 Å². The van der Waals surface area contributed by atoms with Gasteiger partial charge in [-0.15, -0.1) is 0 Å². The third-order valence-electron chi connectivity index (χ3n) is 3.02. The molecule has 1 heterocycles. The predicted molar refractivity (Wildman–Crippen MR) is 81.0 cm³/mol. The maximum atomic E-state index is 12.0. The second-order valence-corrected chi connectivity index (χ2v) is 4.82. The summed E-state index contributed by atoms with van der Waals surface area (Å²) in [7, 11) is 1.31. The van der Waals surface area contributed by atoms with Crippen molar-refractivity contribution in [3.63, 3.8) is 0 Å². The van der Waals surface area contributed by atoms with E-state index in [1.165, 1.54) is 19.5 Å². The zero-order valence-corrected chi connectivity index (χ0v) is 12.4. The summed E-state index contributed by atoms with van der Waals surface area (Å²) in [5, 5.41) is 2.70. The van der Waals surface area contributed by atoms with Gasteiger partial charge in [0.05, 0.1) is 19.1 Å². The van der Waals surface area contributed by atoms with Crippen LogP contribution in [0, 0.1) is 0 Å². The summed E-state index contributed by atoms with van der Waals surface area (Å²) >= 11 is 0. The van der Waals surface area contributed by atoms with Crippen molar-refractivity contribution in [2.75, 3.05) is 7.11 Å². The summed E-state index contributed by atoms with van der Waals surface area (Å²) in [6.07, 6.45) is 3.05. The van der Waals surface area contributed by atoms with E-state index < -0.39 is 0 Å². The van der Waals surface area contributed by atoms with Gasteiger partial charge in [-0.05, 0) is 6.92 Å². The molecular weight excluding hydrogens is 282 g/mol. The Kier molecular flexibility index (Phi) is 5.19. The van der Waals surface area contributed by atoms with Crippen LogP contribution in [-0.2, 0) is 9.53 Å². The SMILES string of the molecule is COC(=O)C[C@H](C)NC(=O)c1cnc(-c2ccccc2)nc1. The van der Waals surface area contributed by atoms with E-state index >= 15 is 0 Å². The molecule has 0 unspecified atom stereocenters. The van der Waals surface area contributed by atoms with Crippen molar-refractivity contribution >= 4 is 11.9 Å². The minimum atomic E-state index is -0.372. The van der Waals surface area contributed by atoms with Crippen LogP contribution in [-0.4, -0.2) is 35.0 Å². The number of ether oxygens (including phenoxy) is 1. The normalized spacial score (nSPS) is 11.5. The summed E-state index contributed by atoms with van der Waals surface area (Å²) < 4.78 is 4.56. The average molecular weight is 299 g/mol. The Hall–Kier alpha value is -2.76. The molecule has 0 aliphatic rings. The van der Waals surface area contributed by atoms with Crippen molar-refractivity contribution in [1.82, 2.24) is 15.3 Å². The number of aromatic nitrogens is 2. The van der Waals surface area contributed by atoms with Gasteiger partial charge in [-0.2, -0.15) is 0 Å². The van der Waals surface area contributed by atoms with Gasteiger partial charge < -0.3 is 10.1 Å². The van der Waals surface area contributed by atoms with Crippen LogP contribution >= 0.6 is 0 Å². The average Bonchev–Trinajstić information content (AvgIpc) is 2.55. The van der Waals surface area contributed by atoms with Crippen molar-refractivity contribution in [3.05, 3.63) is 48.3 Å². The van der Waals surface area contributed by atoms with Gasteiger partial charge in [0.25, 0.3) is 5.91 Å². The molecule has 6 nitrogen and oxygen atoms in total. The minimum absolute atomic E-state index is 0.116. The first kappa shape index (κ1) is 15.6. The summed E-state index contributed by atoms with van der Waals surface area (Å²) in [6, 6.07) is 9.17. The first-order valence-corrected chi connectivity index (χ1v) is 6.85. The number of esters is 1. The molecule has 1 atom stereocenters. The number of nitrogens with zero attached hydrogens (tertiary/aromatic N) is 2. The molecule has 0 spiro atoms. The number of hydrogen-bond donors (Lipinski definition) is 1. The van der Waals surface area contributed by atoms with E-state index in [1.807, 2.05) is 30.3 Å². The van der Waals surface area contributed by atoms with Gasteiger partial charge in [0.1, 0.15) is 0 Å². The molecule has 6 heteroatoms. The van der Waals surface area contributed by atoms with E-state index in [9.17, 15) is 9.59 Å². The van der Waals surface area contributed by atoms with Crippen LogP contribution in [0.15, 0.2) is 42.7 Å². The number of benzene rings is 1. The van der Waals surface area contributed by atoms with Gasteiger partial charge in [0.2, 0.25) is 0 Å². The van der Waals surface area contributed by atoms with Crippen molar-refractivity contribution in [2.45, 2.75) is 19.4 Å². The maximum Gasteiger partial charge on any atom is 0.307 e. The molecule has 1 N–H and O–H groups in total. The highest BCUT2D eigenvalue weighted by Gasteiger charge is 2.14. The van der Waals surface area contributed by atoms with Gasteiger partial charge in [-0.1, -0.05) is 30.3 Å². The molecule has 0 fully saturated rings. The predicted octanol–water partition coefficient (Wildman–Crippen LogP) is 1.82. The highest BCUT2D eigenvalue weighted by atomic mass is 16.5. The van der Waals surface area contributed by atoms with Gasteiger partial charge in [0, 0.05) is 24.0 Å². The lowest BCUT2D eigenvalue weighted by molar-refractivity contribution is -0.141. The van der Waals surface area contributed by atoms with E-state index in [4.69, 9.17) is 0 Å². The largest absolute Gasteiger partial charge is 0.469 e. The van der Waals surface area contributed by atoms with Crippen LogP contribution in [0.1, 0.15) is 23.7 Å². The highest BCUT2D eigenvalue weighted by Crippen LogP contribution is 2.13. The number of amides is 1. The maximum absolute atomic E-state index is 12.0. The number of carbonyl (C=O) groups is 2. The molecule has 0 saturated carbocycles. The van der Waals surface area contributed by atoms with Gasteiger partial charge >= 0.3 is 5.97 Å². The van der Waals surface area contributed by atoms with E-state index in [0.717, 1.165) is 5.56 Å². The van der Waals surface area contributed by atoms with Crippen LogP contribution in [0.5, 0.6) is 0 Å². The van der Waals surface area contributed by atoms with Crippen LogP contribution in [0.2, 0.25) is 0 Å². The standard InChI is InChI=1S/C16H17N3O3/c1-11(8-14(20)22-2)19-16(21)13-9-17-15(18-10-13)12-6-4-3-5-7-12/h3-7,9-11H,8H2,1-2H3,(H,19,21)/t11-/m0/s1. The number of nitrogens with one attached hydrogen (secondary N) is 1. The highest BCUT2D eigenvalue weighted by molar-refractivity contribution is 5.94. The van der Waals surface area contributed by atoms with E-state index in [2.05, 4.69) is 20.0 Å². The Labute approximate surface area is 128 Å². The first-order chi connectivity index (χ1) is 10.6. The lowest BCUT2D eigenvalue weighted by atomic mass is 10.2. The molecule has 1 amide bonds. The van der Waals surface area contributed by atoms with Crippen LogP contribution in [0.25, 0.3) is 11.4 Å². The Balaban J connectivity index is 2.01. The van der Waals surface area contributed by atoms with Crippen molar-refractivity contribution < 1.29 is 14.3 Å². The molecule has 0 radical (unpaired) electrons. The number of rotatable bonds is 5. The molecule has 0 aliphatic carbocycles. The van der Waals surface area contributed by atoms with Crippen molar-refractivity contribution in [3.8, 4) is 11.4 Å². The number of carbonyl (C=O) groups excluding carboxylic acids is 2. The molecule has 0 saturated heterocycles. The van der Waals surface area contributed by atoms with E-state index in [1.54, 1.807) is 6.92 Å². The molecule has 2 aromatic rings. The molecular formula is C16H17N3O3. The zero-order valence-electron chi connectivity index (χ0n) is 12.4. The fourth-order valence-corrected chi connectivity index (χ4v) is 1.87. The smallest absolute Gasteiger partial charge is 0.307 e. The second-order valence-electron chi connectivity index (χ2n) is 4.82. The topological polar surface area (TPSA) is 81.2 Å². The summed E-state index contributed by atoms with van der Waals surface area (Å²) in [5.74, 6) is -0.140. The van der Waals surface area contributed by atoms with E-state index in [0.29, 0.717) is 11.4 Å². The van der Waals surface area contributed by atoms with Crippen molar-refractivity contribution in [2.24, 2.45) is 0 Å². The summed E-state index contributed by atoms with van der Waals surface area (Å²) in [6.45, 7) is 1.73. The second kappa shape index (κ2) is 7.31. The molecule has 1 aromatic heterocycles. The number of hydrogen-bond acceptors (Lipinski definition) is 5. The fraction of sp³-hybridized carbons (Fsp3) is 0.250. The van der Waals surface area contributed by atoms with Gasteiger partial charge in [0.15, 0.2) is 5.82 Å². The zero-order chi connectivity index (χ0) is 15.9. The lowest BCUT2D eigenvalue weighted by Gasteiger charge is -2.12. The molecule has 2 rings (SSSR count). The summed E-state index contributed by atoms with van der Waals surface area (Å²) in [4.78, 5) is 31.6. The quantitative estimate of drug-likeness (QED) is 0.852. The molecule has 22 heavy (non-hydrogen) atoms. The van der Waals surface area contributed by atoms with Crippen molar-refractivity contribution in [1.29, 1.82) is 0 Å². The van der Waals surface area contributed by atoms with E-state index in [-0.39, 0.29) is 24.3 Å². The summed E-state index contributed by atoms with van der Waals surface area (Å²) in [5.41, 5.74) is 1.23. The molecule has 0 aliphatic heterocycles. The van der Waals surface area contributed by atoms with Crippen LogP contribution in [0.4, 0.5) is 0 Å². The number of methoxy groups -OCH3 is 1. The minimum Gasteiger partial charge on any atom is -0.469 e. The van der Waals surface area contributed by atoms with Gasteiger partial charge in [-0.25, -0.2) is 9.97 Å². The van der Waals surface area contributed by atoms with Crippen LogP contribution < -0.4 is 5.32 Å². The Morgan fingerprint density at radius 1 is 1.18 bits per heavy atom. The Morgan fingerprint density at radius 2 is 1.82 bits per heavy atom. The monoisotopic (exact) mass is 299 g/mol. The molecule has 114 valence electrons. The third kappa shape index (κ3) is 4.12.